The van der Waals surface area contributed by atoms with Gasteiger partial charge in [-0.05, 0) is 62.6 Å². The van der Waals surface area contributed by atoms with Gasteiger partial charge < -0.3 is 10.0 Å². The zero-order chi connectivity index (χ0) is 23.8. The number of hydrogen-bond acceptors (Lipinski definition) is 6. The van der Waals surface area contributed by atoms with Gasteiger partial charge in [-0.2, -0.15) is 10.4 Å². The Hall–Kier alpha value is -4.03. The summed E-state index contributed by atoms with van der Waals surface area (Å²) >= 11 is 0. The molecule has 34 heavy (non-hydrogen) atoms. The van der Waals surface area contributed by atoms with Crippen molar-refractivity contribution in [3.8, 4) is 17.7 Å². The lowest BCUT2D eigenvalue weighted by Gasteiger charge is -2.26. The number of aliphatic hydroxyl groups excluding tert-OH is 1. The molecule has 1 aliphatic heterocycles. The first-order chi connectivity index (χ1) is 16.4. The zero-order valence-electron chi connectivity index (χ0n) is 19.1. The molecular formula is C25H25N7O2. The van der Waals surface area contributed by atoms with Gasteiger partial charge in [0.1, 0.15) is 18.2 Å². The van der Waals surface area contributed by atoms with Crippen LogP contribution in [0.4, 0.5) is 0 Å². The summed E-state index contributed by atoms with van der Waals surface area (Å²) in [6.45, 7) is 4.87. The number of imidazole rings is 1. The Morgan fingerprint density at radius 2 is 2.06 bits per heavy atom. The number of aryl methyl sites for hydroxylation is 1. The Kier molecular flexibility index (Phi) is 5.59. The second-order valence-electron chi connectivity index (χ2n) is 8.66. The van der Waals surface area contributed by atoms with Crippen molar-refractivity contribution in [1.29, 1.82) is 5.26 Å². The first-order valence-electron chi connectivity index (χ1n) is 11.3. The predicted octanol–water partition coefficient (Wildman–Crippen LogP) is 3.35. The number of nitriles is 1. The molecule has 172 valence electrons. The maximum Gasteiger partial charge on any atom is 0.222 e. The van der Waals surface area contributed by atoms with Crippen LogP contribution in [-0.4, -0.2) is 46.8 Å². The number of aliphatic hydroxyl groups is 1. The highest BCUT2D eigenvalue weighted by atomic mass is 16.3. The van der Waals surface area contributed by atoms with Crippen molar-refractivity contribution < 1.29 is 9.90 Å². The standard InChI is InChI=1S/C25H25N7O2/c1-16-11-19(13-26)29-32(16)25-20(17(2)33)7-9-23(28-25)31-15-27-21-8-6-18(12-22(21)31)14-30-10-4-3-5-24(30)34/h6-9,11-12,15,17,33H,3-5,10,14H2,1-2H3. The summed E-state index contributed by atoms with van der Waals surface area (Å²) < 4.78 is 3.47. The lowest BCUT2D eigenvalue weighted by molar-refractivity contribution is -0.133. The minimum Gasteiger partial charge on any atom is -0.389 e. The third-order valence-corrected chi connectivity index (χ3v) is 6.20. The predicted molar refractivity (Wildman–Crippen MR) is 125 cm³/mol. The van der Waals surface area contributed by atoms with Crippen molar-refractivity contribution in [3.05, 3.63) is 65.2 Å². The van der Waals surface area contributed by atoms with E-state index in [0.717, 1.165) is 41.7 Å². The first-order valence-corrected chi connectivity index (χ1v) is 11.3. The van der Waals surface area contributed by atoms with Crippen molar-refractivity contribution >= 4 is 16.9 Å². The number of fused-ring (bicyclic) bond motifs is 1. The van der Waals surface area contributed by atoms with E-state index in [1.165, 1.54) is 0 Å². The van der Waals surface area contributed by atoms with Crippen LogP contribution in [0.5, 0.6) is 0 Å². The fourth-order valence-corrected chi connectivity index (χ4v) is 4.41. The molecule has 0 radical (unpaired) electrons. The van der Waals surface area contributed by atoms with Gasteiger partial charge in [0.15, 0.2) is 11.5 Å². The van der Waals surface area contributed by atoms with Crippen molar-refractivity contribution in [1.82, 2.24) is 29.2 Å². The van der Waals surface area contributed by atoms with Gasteiger partial charge in [-0.3, -0.25) is 9.36 Å². The molecule has 4 aromatic rings. The van der Waals surface area contributed by atoms with E-state index in [-0.39, 0.29) is 11.6 Å². The molecule has 1 fully saturated rings. The minimum absolute atomic E-state index is 0.200. The number of benzene rings is 1. The Bertz CT molecular complexity index is 1430. The van der Waals surface area contributed by atoms with Gasteiger partial charge in [0, 0.05) is 30.8 Å². The average molecular weight is 456 g/mol. The summed E-state index contributed by atoms with van der Waals surface area (Å²) in [4.78, 5) is 23.5. The van der Waals surface area contributed by atoms with E-state index in [9.17, 15) is 15.2 Å². The number of aromatic nitrogens is 5. The lowest BCUT2D eigenvalue weighted by atomic mass is 10.1. The smallest absolute Gasteiger partial charge is 0.222 e. The molecule has 1 aliphatic rings. The molecule has 9 nitrogen and oxygen atoms in total. The molecule has 0 bridgehead atoms. The summed E-state index contributed by atoms with van der Waals surface area (Å²) in [5, 5.41) is 23.9. The average Bonchev–Trinajstić information content (AvgIpc) is 3.43. The highest BCUT2D eigenvalue weighted by molar-refractivity contribution is 5.79. The number of likely N-dealkylation sites (tertiary alicyclic amines) is 1. The van der Waals surface area contributed by atoms with Crippen molar-refractivity contribution in [2.75, 3.05) is 6.54 Å². The quantitative estimate of drug-likeness (QED) is 0.494. The molecule has 1 amide bonds. The summed E-state index contributed by atoms with van der Waals surface area (Å²) in [6, 6.07) is 13.4. The van der Waals surface area contributed by atoms with E-state index in [1.807, 2.05) is 46.7 Å². The molecule has 9 heteroatoms. The second kappa shape index (κ2) is 8.72. The van der Waals surface area contributed by atoms with E-state index in [1.54, 1.807) is 24.0 Å². The molecule has 1 atom stereocenters. The molecule has 1 N–H and O–H groups in total. The Morgan fingerprint density at radius 1 is 1.21 bits per heavy atom. The molecular weight excluding hydrogens is 430 g/mol. The van der Waals surface area contributed by atoms with Crippen LogP contribution < -0.4 is 0 Å². The van der Waals surface area contributed by atoms with Crippen molar-refractivity contribution in [2.24, 2.45) is 0 Å². The number of hydrogen-bond donors (Lipinski definition) is 1. The summed E-state index contributed by atoms with van der Waals surface area (Å²) in [6.07, 6.45) is 3.56. The van der Waals surface area contributed by atoms with Crippen molar-refractivity contribution in [2.45, 2.75) is 45.8 Å². The summed E-state index contributed by atoms with van der Waals surface area (Å²) in [5.74, 6) is 1.27. The van der Waals surface area contributed by atoms with Crippen LogP contribution in [0.3, 0.4) is 0 Å². The highest BCUT2D eigenvalue weighted by Gasteiger charge is 2.20. The van der Waals surface area contributed by atoms with Gasteiger partial charge in [0.2, 0.25) is 5.91 Å². The molecule has 1 aromatic carbocycles. The molecule has 4 heterocycles. The maximum absolute atomic E-state index is 12.3. The lowest BCUT2D eigenvalue weighted by Crippen LogP contribution is -2.34. The number of rotatable bonds is 5. The number of amides is 1. The highest BCUT2D eigenvalue weighted by Crippen LogP contribution is 2.26. The monoisotopic (exact) mass is 455 g/mol. The third-order valence-electron chi connectivity index (χ3n) is 6.20. The number of pyridine rings is 1. The van der Waals surface area contributed by atoms with Gasteiger partial charge in [-0.25, -0.2) is 14.6 Å². The Labute approximate surface area is 196 Å². The normalized spacial score (nSPS) is 15.0. The molecule has 5 rings (SSSR count). The van der Waals surface area contributed by atoms with Crippen LogP contribution in [-0.2, 0) is 11.3 Å². The SMILES string of the molecule is Cc1cc(C#N)nn1-c1nc(-n2cnc3ccc(CN4CCCCC4=O)cc32)ccc1C(C)O. The Morgan fingerprint density at radius 3 is 2.79 bits per heavy atom. The largest absolute Gasteiger partial charge is 0.389 e. The molecule has 3 aromatic heterocycles. The molecule has 0 saturated carbocycles. The van der Waals surface area contributed by atoms with Crippen LogP contribution in [0.25, 0.3) is 22.7 Å². The van der Waals surface area contributed by atoms with Crippen LogP contribution in [0.15, 0.2) is 42.7 Å². The number of carbonyl (C=O) groups excluding carboxylic acids is 1. The zero-order valence-corrected chi connectivity index (χ0v) is 19.1. The van der Waals surface area contributed by atoms with Crippen molar-refractivity contribution in [3.63, 3.8) is 0 Å². The van der Waals surface area contributed by atoms with E-state index in [4.69, 9.17) is 4.98 Å². The number of carbonyl (C=O) groups is 1. The third kappa shape index (κ3) is 3.93. The van der Waals surface area contributed by atoms with Crippen LogP contribution in [0.2, 0.25) is 0 Å². The van der Waals surface area contributed by atoms with E-state index < -0.39 is 6.10 Å². The number of piperidine rings is 1. The fourth-order valence-electron chi connectivity index (χ4n) is 4.41. The van der Waals surface area contributed by atoms with Gasteiger partial charge in [0.25, 0.3) is 0 Å². The topological polar surface area (TPSA) is 113 Å². The molecule has 0 spiro atoms. The Balaban J connectivity index is 1.57. The molecule has 0 aliphatic carbocycles. The minimum atomic E-state index is -0.765. The second-order valence-corrected chi connectivity index (χ2v) is 8.66. The molecule has 1 unspecified atom stereocenters. The van der Waals surface area contributed by atoms with Gasteiger partial charge in [-0.1, -0.05) is 6.07 Å². The van der Waals surface area contributed by atoms with E-state index >= 15 is 0 Å². The van der Waals surface area contributed by atoms with E-state index in [0.29, 0.717) is 30.2 Å². The maximum atomic E-state index is 12.3. The van der Waals surface area contributed by atoms with Gasteiger partial charge >= 0.3 is 0 Å². The summed E-state index contributed by atoms with van der Waals surface area (Å²) in [7, 11) is 0. The number of nitrogens with zero attached hydrogens (tertiary/aromatic N) is 7. The van der Waals surface area contributed by atoms with Crippen LogP contribution >= 0.6 is 0 Å². The van der Waals surface area contributed by atoms with E-state index in [2.05, 4.69) is 16.2 Å². The van der Waals surface area contributed by atoms with Crippen LogP contribution in [0.1, 0.15) is 54.8 Å². The first kappa shape index (κ1) is 21.8. The summed E-state index contributed by atoms with van der Waals surface area (Å²) in [5.41, 5.74) is 4.36. The fraction of sp³-hybridized carbons (Fsp3) is 0.320. The molecule has 1 saturated heterocycles. The van der Waals surface area contributed by atoms with Gasteiger partial charge in [0.05, 0.1) is 17.1 Å². The van der Waals surface area contributed by atoms with Gasteiger partial charge in [-0.15, -0.1) is 0 Å². The van der Waals surface area contributed by atoms with Crippen LogP contribution in [0, 0.1) is 18.3 Å².